The van der Waals surface area contributed by atoms with E-state index < -0.39 is 24.5 Å². The lowest BCUT2D eigenvalue weighted by atomic mass is 10.2. The summed E-state index contributed by atoms with van der Waals surface area (Å²) in [6, 6.07) is 3.70. The number of phosphoric ester groups is 1. The maximum absolute atomic E-state index is 12.0. The number of phosphoric acid groups is 1. The lowest BCUT2D eigenvalue weighted by Gasteiger charge is -2.15. The Kier molecular flexibility index (Phi) is 7.34. The van der Waals surface area contributed by atoms with Crippen LogP contribution in [-0.4, -0.2) is 57.7 Å². The molecule has 30 heavy (non-hydrogen) atoms. The fourth-order valence-corrected chi connectivity index (χ4v) is 2.88. The average Bonchev–Trinajstić information content (AvgIpc) is 3.10. The van der Waals surface area contributed by atoms with E-state index in [2.05, 4.69) is 14.9 Å². The van der Waals surface area contributed by atoms with Gasteiger partial charge in [-0.15, -0.1) is 4.68 Å². The summed E-state index contributed by atoms with van der Waals surface area (Å²) in [6.07, 6.45) is 0. The zero-order valence-corrected chi connectivity index (χ0v) is 16.9. The first-order chi connectivity index (χ1) is 14.1. The van der Waals surface area contributed by atoms with Crippen molar-refractivity contribution in [1.82, 2.24) is 15.1 Å². The summed E-state index contributed by atoms with van der Waals surface area (Å²) in [4.78, 5) is 40.8. The van der Waals surface area contributed by atoms with Crippen LogP contribution >= 0.6 is 7.82 Å². The van der Waals surface area contributed by atoms with Crippen LogP contribution in [0, 0.1) is 10.1 Å². The number of rotatable bonds is 10. The number of nitro groups is 1. The molecule has 0 atom stereocenters. The van der Waals surface area contributed by atoms with Gasteiger partial charge in [-0.05, 0) is 17.1 Å². The second kappa shape index (κ2) is 9.54. The molecule has 0 spiro atoms. The van der Waals surface area contributed by atoms with E-state index in [1.165, 1.54) is 26.4 Å². The molecule has 0 bridgehead atoms. The molecule has 164 valence electrons. The van der Waals surface area contributed by atoms with Crippen LogP contribution in [0.2, 0.25) is 0 Å². The monoisotopic (exact) mass is 445 g/mol. The van der Waals surface area contributed by atoms with E-state index >= 15 is 0 Å². The predicted molar refractivity (Wildman–Crippen MR) is 102 cm³/mol. The summed E-state index contributed by atoms with van der Waals surface area (Å²) in [6.45, 7) is 0.190. The molecule has 1 amide bonds. The number of nitrogens with zero attached hydrogens (tertiary/aromatic N) is 3. The fraction of sp³-hybridized carbons (Fsp3) is 0.333. The predicted octanol–water partition coefficient (Wildman–Crippen LogP) is 0.0168. The highest BCUT2D eigenvalue weighted by atomic mass is 31.2. The smallest absolute Gasteiger partial charge is 0.493 e. The van der Waals surface area contributed by atoms with Gasteiger partial charge < -0.3 is 35.2 Å². The molecule has 1 aromatic heterocycles. The van der Waals surface area contributed by atoms with Crippen molar-refractivity contribution in [3.63, 3.8) is 0 Å². The van der Waals surface area contributed by atoms with Gasteiger partial charge in [-0.2, -0.15) is 0 Å². The topological polar surface area (TPSA) is 201 Å². The quantitative estimate of drug-likeness (QED) is 0.218. The highest BCUT2D eigenvalue weighted by Crippen LogP contribution is 2.47. The zero-order chi connectivity index (χ0) is 22.5. The van der Waals surface area contributed by atoms with Crippen LogP contribution in [0.4, 0.5) is 5.82 Å². The number of nitrogens with two attached hydrogens (primary N) is 1. The summed E-state index contributed by atoms with van der Waals surface area (Å²) in [5.41, 5.74) is 5.51. The third kappa shape index (κ3) is 5.67. The van der Waals surface area contributed by atoms with E-state index in [0.29, 0.717) is 5.56 Å². The number of hydrogen-bond acceptors (Lipinski definition) is 9. The van der Waals surface area contributed by atoms with Crippen LogP contribution in [-0.2, 0) is 11.1 Å². The van der Waals surface area contributed by atoms with E-state index in [1.807, 2.05) is 0 Å². The summed E-state index contributed by atoms with van der Waals surface area (Å²) in [5.74, 6) is -1.56. The van der Waals surface area contributed by atoms with Gasteiger partial charge in [0.2, 0.25) is 5.75 Å². The number of nitrogens with one attached hydrogen (secondary N) is 1. The number of ether oxygens (including phenoxy) is 2. The molecule has 0 saturated heterocycles. The SMILES string of the molecule is COc1cc(Cn2nc(C(=O)NCCN)cc2[N+](=O)[O-])cc(OC)c1OP(=O)(O)O. The minimum Gasteiger partial charge on any atom is -0.493 e. The van der Waals surface area contributed by atoms with Crippen LogP contribution in [0.15, 0.2) is 18.2 Å². The van der Waals surface area contributed by atoms with E-state index in [9.17, 15) is 19.5 Å². The lowest BCUT2D eigenvalue weighted by Crippen LogP contribution is -2.29. The molecule has 0 radical (unpaired) electrons. The van der Waals surface area contributed by atoms with Gasteiger partial charge in [-0.3, -0.25) is 14.6 Å². The molecule has 2 rings (SSSR count). The van der Waals surface area contributed by atoms with Crippen molar-refractivity contribution >= 4 is 19.5 Å². The van der Waals surface area contributed by atoms with Crippen LogP contribution in [0.3, 0.4) is 0 Å². The molecule has 0 aliphatic rings. The van der Waals surface area contributed by atoms with Crippen LogP contribution in [0.5, 0.6) is 17.2 Å². The molecule has 2 aromatic rings. The maximum Gasteiger partial charge on any atom is 0.525 e. The second-order valence-electron chi connectivity index (χ2n) is 5.76. The van der Waals surface area contributed by atoms with Crippen molar-refractivity contribution in [3.8, 4) is 17.2 Å². The van der Waals surface area contributed by atoms with E-state index in [4.69, 9.17) is 25.0 Å². The lowest BCUT2D eigenvalue weighted by molar-refractivity contribution is -0.392. The van der Waals surface area contributed by atoms with Crippen molar-refractivity contribution in [2.45, 2.75) is 6.54 Å². The first-order valence-corrected chi connectivity index (χ1v) is 9.83. The zero-order valence-electron chi connectivity index (χ0n) is 16.0. The Labute approximate surface area is 169 Å². The molecule has 0 fully saturated rings. The molecule has 1 heterocycles. The van der Waals surface area contributed by atoms with Gasteiger partial charge in [0.1, 0.15) is 6.54 Å². The highest BCUT2D eigenvalue weighted by Gasteiger charge is 2.26. The van der Waals surface area contributed by atoms with Crippen molar-refractivity contribution in [2.75, 3.05) is 27.3 Å². The second-order valence-corrected chi connectivity index (χ2v) is 6.92. The number of carbonyl (C=O) groups is 1. The minimum atomic E-state index is -4.91. The Bertz CT molecular complexity index is 962. The first-order valence-electron chi connectivity index (χ1n) is 8.30. The van der Waals surface area contributed by atoms with Crippen molar-refractivity contribution < 1.29 is 38.1 Å². The number of amides is 1. The van der Waals surface area contributed by atoms with Gasteiger partial charge in [0.05, 0.1) is 20.3 Å². The normalized spacial score (nSPS) is 11.1. The van der Waals surface area contributed by atoms with Gasteiger partial charge in [0, 0.05) is 18.7 Å². The molecule has 5 N–H and O–H groups in total. The summed E-state index contributed by atoms with van der Waals surface area (Å²) < 4.78 is 27.0. The maximum atomic E-state index is 12.0. The Morgan fingerprint density at radius 1 is 1.30 bits per heavy atom. The van der Waals surface area contributed by atoms with Gasteiger partial charge in [-0.1, -0.05) is 5.10 Å². The molecule has 0 unspecified atom stereocenters. The summed E-state index contributed by atoms with van der Waals surface area (Å²) >= 11 is 0. The van der Waals surface area contributed by atoms with E-state index in [0.717, 1.165) is 10.7 Å². The molecule has 15 heteroatoms. The molecule has 0 aliphatic carbocycles. The summed E-state index contributed by atoms with van der Waals surface area (Å²) in [5, 5.41) is 17.8. The van der Waals surface area contributed by atoms with Crippen molar-refractivity contribution in [1.29, 1.82) is 0 Å². The number of benzene rings is 1. The highest BCUT2D eigenvalue weighted by molar-refractivity contribution is 7.46. The Balaban J connectivity index is 2.44. The molecule has 0 aliphatic heterocycles. The third-order valence-electron chi connectivity index (χ3n) is 3.67. The largest absolute Gasteiger partial charge is 0.525 e. The molecule has 14 nitrogen and oxygen atoms in total. The molecule has 1 aromatic carbocycles. The van der Waals surface area contributed by atoms with E-state index in [-0.39, 0.29) is 42.6 Å². The van der Waals surface area contributed by atoms with Gasteiger partial charge in [-0.25, -0.2) is 4.57 Å². The third-order valence-corrected chi connectivity index (χ3v) is 4.09. The molecule has 0 saturated carbocycles. The Morgan fingerprint density at radius 2 is 1.90 bits per heavy atom. The van der Waals surface area contributed by atoms with Crippen LogP contribution in [0.1, 0.15) is 16.1 Å². The van der Waals surface area contributed by atoms with Gasteiger partial charge in [0.15, 0.2) is 17.2 Å². The fourth-order valence-electron chi connectivity index (χ4n) is 2.46. The van der Waals surface area contributed by atoms with Crippen molar-refractivity contribution in [2.24, 2.45) is 5.73 Å². The van der Waals surface area contributed by atoms with Crippen LogP contribution in [0.25, 0.3) is 0 Å². The number of methoxy groups -OCH3 is 2. The standard InChI is InChI=1S/C15H20N5O9P/c1-27-11-5-9(6-12(28-2)14(11)29-30(24,25)26)8-19-13(20(22)23)7-10(18-19)15(21)17-4-3-16/h5-7H,3-4,8,16H2,1-2H3,(H,17,21)(H2,24,25,26). The summed E-state index contributed by atoms with van der Waals surface area (Å²) in [7, 11) is -2.43. The van der Waals surface area contributed by atoms with Crippen LogP contribution < -0.4 is 25.0 Å². The number of carbonyl (C=O) groups excluding carboxylic acids is 1. The Hall–Kier alpha value is -3.19. The van der Waals surface area contributed by atoms with Crippen molar-refractivity contribution in [3.05, 3.63) is 39.6 Å². The molecular weight excluding hydrogens is 425 g/mol. The number of aromatic nitrogens is 2. The first kappa shape index (κ1) is 23.1. The average molecular weight is 445 g/mol. The van der Waals surface area contributed by atoms with Gasteiger partial charge >= 0.3 is 13.6 Å². The Morgan fingerprint density at radius 3 is 2.37 bits per heavy atom. The van der Waals surface area contributed by atoms with E-state index in [1.54, 1.807) is 0 Å². The minimum absolute atomic E-state index is 0.0802. The van der Waals surface area contributed by atoms with Gasteiger partial charge in [0.25, 0.3) is 5.91 Å². The molecular formula is C15H20N5O9P. The number of hydrogen-bond donors (Lipinski definition) is 4.